The largest absolute Gasteiger partial charge is 0.338 e. The Morgan fingerprint density at radius 3 is 2.80 bits per heavy atom. The van der Waals surface area contributed by atoms with E-state index in [1.54, 1.807) is 17.0 Å². The third-order valence-corrected chi connectivity index (χ3v) is 3.84. The van der Waals surface area contributed by atoms with Crippen molar-refractivity contribution in [2.24, 2.45) is 11.7 Å². The predicted octanol–water partition coefficient (Wildman–Crippen LogP) is 1.71. The third-order valence-electron chi connectivity index (χ3n) is 3.84. The summed E-state index contributed by atoms with van der Waals surface area (Å²) >= 11 is 0. The van der Waals surface area contributed by atoms with E-state index in [4.69, 9.17) is 5.73 Å². The Kier molecular flexibility index (Phi) is 4.04. The molecule has 1 heterocycles. The van der Waals surface area contributed by atoms with E-state index in [1.165, 1.54) is 6.07 Å². The maximum absolute atomic E-state index is 12.5. The average molecular weight is 277 g/mol. The number of likely N-dealkylation sites (tertiary alicyclic amines) is 1. The van der Waals surface area contributed by atoms with Crippen LogP contribution in [-0.2, 0) is 0 Å². The number of rotatable bonds is 2. The van der Waals surface area contributed by atoms with E-state index in [0.717, 1.165) is 12.0 Å². The van der Waals surface area contributed by atoms with Crippen molar-refractivity contribution in [2.75, 3.05) is 13.1 Å². The molecule has 6 heteroatoms. The number of carbonyl (C=O) groups is 1. The molecule has 1 aromatic rings. The van der Waals surface area contributed by atoms with Crippen LogP contribution in [0.3, 0.4) is 0 Å². The molecule has 0 aliphatic carbocycles. The number of amides is 1. The minimum atomic E-state index is -0.508. The first-order valence-corrected chi connectivity index (χ1v) is 6.70. The van der Waals surface area contributed by atoms with E-state index >= 15 is 0 Å². The number of hydrogen-bond donors (Lipinski definition) is 1. The minimum Gasteiger partial charge on any atom is -0.338 e. The quantitative estimate of drug-likeness (QED) is 0.658. The Balaban J connectivity index is 2.29. The monoisotopic (exact) mass is 277 g/mol. The highest BCUT2D eigenvalue weighted by Crippen LogP contribution is 2.24. The van der Waals surface area contributed by atoms with Crippen LogP contribution in [0, 0.1) is 23.0 Å². The van der Waals surface area contributed by atoms with Crippen LogP contribution in [-0.4, -0.2) is 34.9 Å². The van der Waals surface area contributed by atoms with Gasteiger partial charge in [0.05, 0.1) is 4.92 Å². The van der Waals surface area contributed by atoms with Gasteiger partial charge in [-0.05, 0) is 30.9 Å². The van der Waals surface area contributed by atoms with Crippen molar-refractivity contribution in [3.8, 4) is 0 Å². The summed E-state index contributed by atoms with van der Waals surface area (Å²) in [6.07, 6.45) is 0.729. The highest BCUT2D eigenvalue weighted by Gasteiger charge is 2.30. The normalized spacial score (nSPS) is 22.6. The average Bonchev–Trinajstić information content (AvgIpc) is 2.40. The van der Waals surface area contributed by atoms with E-state index < -0.39 is 4.92 Å². The molecule has 0 bridgehead atoms. The summed E-state index contributed by atoms with van der Waals surface area (Å²) < 4.78 is 0. The zero-order valence-corrected chi connectivity index (χ0v) is 11.7. The molecule has 2 unspecified atom stereocenters. The van der Waals surface area contributed by atoms with E-state index in [0.29, 0.717) is 13.1 Å². The van der Waals surface area contributed by atoms with Crippen LogP contribution in [0.4, 0.5) is 5.69 Å². The second-order valence-electron chi connectivity index (χ2n) is 5.46. The Morgan fingerprint density at radius 2 is 2.20 bits per heavy atom. The molecule has 1 amide bonds. The van der Waals surface area contributed by atoms with E-state index in [-0.39, 0.29) is 29.1 Å². The SMILES string of the molecule is Cc1ccc([N+](=O)[O-])c(C(=O)N2CCC(N)C(C)C2)c1. The molecule has 20 heavy (non-hydrogen) atoms. The molecule has 0 radical (unpaired) electrons. The molecule has 1 aliphatic rings. The first kappa shape index (κ1) is 14.5. The topological polar surface area (TPSA) is 89.5 Å². The second kappa shape index (κ2) is 5.58. The van der Waals surface area contributed by atoms with Gasteiger partial charge in [0.1, 0.15) is 5.56 Å². The van der Waals surface area contributed by atoms with Gasteiger partial charge in [-0.25, -0.2) is 0 Å². The van der Waals surface area contributed by atoms with Crippen molar-refractivity contribution in [3.05, 3.63) is 39.4 Å². The number of nitro groups is 1. The van der Waals surface area contributed by atoms with Gasteiger partial charge in [-0.15, -0.1) is 0 Å². The number of hydrogen-bond acceptors (Lipinski definition) is 4. The van der Waals surface area contributed by atoms with Crippen molar-refractivity contribution in [1.29, 1.82) is 0 Å². The van der Waals surface area contributed by atoms with Gasteiger partial charge >= 0.3 is 0 Å². The Labute approximate surface area is 117 Å². The molecular formula is C14H19N3O3. The third kappa shape index (κ3) is 2.80. The smallest absolute Gasteiger partial charge is 0.282 e. The Morgan fingerprint density at radius 1 is 1.50 bits per heavy atom. The maximum atomic E-state index is 12.5. The second-order valence-corrected chi connectivity index (χ2v) is 5.46. The van der Waals surface area contributed by atoms with Gasteiger partial charge in [-0.3, -0.25) is 14.9 Å². The number of nitro benzene ring substituents is 1. The van der Waals surface area contributed by atoms with Gasteiger partial charge in [0, 0.05) is 25.2 Å². The molecule has 0 spiro atoms. The molecule has 108 valence electrons. The number of benzene rings is 1. The molecule has 2 atom stereocenters. The number of aryl methyl sites for hydroxylation is 1. The molecule has 1 aromatic carbocycles. The molecule has 1 aliphatic heterocycles. The van der Waals surface area contributed by atoms with Crippen molar-refractivity contribution in [1.82, 2.24) is 4.90 Å². The summed E-state index contributed by atoms with van der Waals surface area (Å²) in [5, 5.41) is 11.1. The summed E-state index contributed by atoms with van der Waals surface area (Å²) in [4.78, 5) is 24.7. The fourth-order valence-electron chi connectivity index (χ4n) is 2.50. The predicted molar refractivity (Wildman–Crippen MR) is 75.5 cm³/mol. The van der Waals surface area contributed by atoms with Crippen LogP contribution >= 0.6 is 0 Å². The minimum absolute atomic E-state index is 0.0894. The molecule has 2 rings (SSSR count). The lowest BCUT2D eigenvalue weighted by Crippen LogP contribution is -2.48. The summed E-state index contributed by atoms with van der Waals surface area (Å²) in [5.74, 6) is -0.0734. The van der Waals surface area contributed by atoms with Crippen LogP contribution in [0.5, 0.6) is 0 Å². The summed E-state index contributed by atoms with van der Waals surface area (Å²) in [6.45, 7) is 4.91. The van der Waals surface area contributed by atoms with Crippen molar-refractivity contribution in [2.45, 2.75) is 26.3 Å². The van der Waals surface area contributed by atoms with Crippen LogP contribution in [0.25, 0.3) is 0 Å². The summed E-state index contributed by atoms with van der Waals surface area (Å²) in [6, 6.07) is 4.71. The molecule has 2 N–H and O–H groups in total. The number of nitrogens with two attached hydrogens (primary N) is 1. The summed E-state index contributed by atoms with van der Waals surface area (Å²) in [5.41, 5.74) is 6.80. The first-order chi connectivity index (χ1) is 9.40. The van der Waals surface area contributed by atoms with Crippen LogP contribution < -0.4 is 5.73 Å². The van der Waals surface area contributed by atoms with Crippen molar-refractivity contribution < 1.29 is 9.72 Å². The van der Waals surface area contributed by atoms with Crippen LogP contribution in [0.2, 0.25) is 0 Å². The lowest BCUT2D eigenvalue weighted by molar-refractivity contribution is -0.385. The lowest BCUT2D eigenvalue weighted by atomic mass is 9.94. The van der Waals surface area contributed by atoms with Crippen molar-refractivity contribution in [3.63, 3.8) is 0 Å². The highest BCUT2D eigenvalue weighted by molar-refractivity contribution is 5.98. The molecule has 1 fully saturated rings. The van der Waals surface area contributed by atoms with E-state index in [1.807, 2.05) is 13.8 Å². The van der Waals surface area contributed by atoms with Gasteiger partial charge in [0.2, 0.25) is 0 Å². The van der Waals surface area contributed by atoms with Crippen LogP contribution in [0.15, 0.2) is 18.2 Å². The molecule has 0 aromatic heterocycles. The van der Waals surface area contributed by atoms with Crippen molar-refractivity contribution >= 4 is 11.6 Å². The van der Waals surface area contributed by atoms with E-state index in [2.05, 4.69) is 0 Å². The van der Waals surface area contributed by atoms with Gasteiger partial charge in [0.25, 0.3) is 11.6 Å². The molecule has 6 nitrogen and oxygen atoms in total. The zero-order valence-electron chi connectivity index (χ0n) is 11.7. The van der Waals surface area contributed by atoms with Gasteiger partial charge in [0.15, 0.2) is 0 Å². The maximum Gasteiger partial charge on any atom is 0.282 e. The highest BCUT2D eigenvalue weighted by atomic mass is 16.6. The van der Waals surface area contributed by atoms with Gasteiger partial charge in [-0.2, -0.15) is 0 Å². The fourth-order valence-corrected chi connectivity index (χ4v) is 2.50. The number of nitrogens with zero attached hydrogens (tertiary/aromatic N) is 2. The molecule has 1 saturated heterocycles. The Hall–Kier alpha value is -1.95. The number of piperidine rings is 1. The Bertz CT molecular complexity index is 544. The standard InChI is InChI=1S/C14H19N3O3/c1-9-3-4-13(17(19)20)11(7-9)14(18)16-6-5-12(15)10(2)8-16/h3-4,7,10,12H,5-6,8,15H2,1-2H3. The zero-order chi connectivity index (χ0) is 14.9. The van der Waals surface area contributed by atoms with E-state index in [9.17, 15) is 14.9 Å². The molecular weight excluding hydrogens is 258 g/mol. The lowest BCUT2D eigenvalue weighted by Gasteiger charge is -2.35. The number of carbonyl (C=O) groups excluding carboxylic acids is 1. The van der Waals surface area contributed by atoms with Gasteiger partial charge < -0.3 is 10.6 Å². The summed E-state index contributed by atoms with van der Waals surface area (Å²) in [7, 11) is 0. The first-order valence-electron chi connectivity index (χ1n) is 6.70. The van der Waals surface area contributed by atoms with Gasteiger partial charge in [-0.1, -0.05) is 13.0 Å². The van der Waals surface area contributed by atoms with Crippen LogP contribution in [0.1, 0.15) is 29.3 Å². The molecule has 0 saturated carbocycles. The fraction of sp³-hybridized carbons (Fsp3) is 0.500.